The van der Waals surface area contributed by atoms with Gasteiger partial charge in [0.25, 0.3) is 0 Å². The largest absolute Gasteiger partial charge is 0.480 e. The zero-order valence-electron chi connectivity index (χ0n) is 14.7. The van der Waals surface area contributed by atoms with Gasteiger partial charge in [-0.2, -0.15) is 0 Å². The first-order valence-electron chi connectivity index (χ1n) is 8.64. The van der Waals surface area contributed by atoms with Crippen molar-refractivity contribution in [1.82, 2.24) is 9.21 Å². The monoisotopic (exact) mass is 360 g/mol. The highest BCUT2D eigenvalue weighted by atomic mass is 32.2. The van der Waals surface area contributed by atoms with Crippen LogP contribution >= 0.6 is 0 Å². The molecule has 0 aromatic carbocycles. The first-order chi connectivity index (χ1) is 11.1. The number of aliphatic carboxylic acids is 1. The third-order valence-electron chi connectivity index (χ3n) is 5.67. The molecule has 2 aliphatic rings. The molecule has 1 heterocycles. The predicted octanol–water partition coefficient (Wildman–Crippen LogP) is 1.15. The van der Waals surface area contributed by atoms with Crippen molar-refractivity contribution in [2.45, 2.75) is 52.5 Å². The van der Waals surface area contributed by atoms with E-state index in [1.165, 1.54) is 9.21 Å². The van der Waals surface area contributed by atoms with Crippen molar-refractivity contribution in [3.63, 3.8) is 0 Å². The van der Waals surface area contributed by atoms with Crippen LogP contribution in [0.15, 0.2) is 0 Å². The number of carboxylic acid groups (broad SMARTS) is 1. The molecule has 2 fully saturated rings. The van der Waals surface area contributed by atoms with Gasteiger partial charge in [-0.1, -0.05) is 13.8 Å². The smallest absolute Gasteiger partial charge is 0.323 e. The van der Waals surface area contributed by atoms with Crippen LogP contribution in [0.2, 0.25) is 0 Å². The van der Waals surface area contributed by atoms with E-state index in [-0.39, 0.29) is 35.6 Å². The maximum Gasteiger partial charge on any atom is 0.323 e. The van der Waals surface area contributed by atoms with Gasteiger partial charge in [0.15, 0.2) is 0 Å². The molecule has 2 rings (SSSR count). The van der Waals surface area contributed by atoms with E-state index in [0.717, 1.165) is 12.8 Å². The lowest BCUT2D eigenvalue weighted by atomic mass is 10.00. The van der Waals surface area contributed by atoms with Gasteiger partial charge in [-0.05, 0) is 38.0 Å². The molecule has 0 aromatic heterocycles. The molecule has 0 bridgehead atoms. The van der Waals surface area contributed by atoms with E-state index in [2.05, 4.69) is 6.92 Å². The van der Waals surface area contributed by atoms with E-state index in [1.807, 2.05) is 6.92 Å². The summed E-state index contributed by atoms with van der Waals surface area (Å²) in [5, 5.41) is 9.17. The van der Waals surface area contributed by atoms with Crippen LogP contribution in [0.5, 0.6) is 0 Å². The lowest BCUT2D eigenvalue weighted by Gasteiger charge is -2.37. The average Bonchev–Trinajstić information content (AvgIpc) is 3.24. The van der Waals surface area contributed by atoms with Gasteiger partial charge in [0, 0.05) is 25.0 Å². The fraction of sp³-hybridized carbons (Fsp3) is 0.875. The quantitative estimate of drug-likeness (QED) is 0.735. The molecule has 0 radical (unpaired) electrons. The number of rotatable bonds is 7. The summed E-state index contributed by atoms with van der Waals surface area (Å²) in [5.74, 6) is -1.14. The van der Waals surface area contributed by atoms with Gasteiger partial charge in [0.2, 0.25) is 15.9 Å². The second kappa shape index (κ2) is 7.00. The summed E-state index contributed by atoms with van der Waals surface area (Å²) in [6, 6.07) is -0.196. The number of piperidine rings is 1. The molecular weight excluding hydrogens is 332 g/mol. The van der Waals surface area contributed by atoms with Crippen LogP contribution in [0.3, 0.4) is 0 Å². The van der Waals surface area contributed by atoms with E-state index >= 15 is 0 Å². The van der Waals surface area contributed by atoms with Crippen LogP contribution < -0.4 is 0 Å². The van der Waals surface area contributed by atoms with Crippen LogP contribution in [0.4, 0.5) is 0 Å². The molecular formula is C16H28N2O5S. The van der Waals surface area contributed by atoms with Crippen molar-refractivity contribution in [2.75, 3.05) is 25.4 Å². The molecule has 8 heteroatoms. The number of nitrogens with zero attached hydrogens (tertiary/aromatic N) is 2. The molecule has 1 amide bonds. The lowest BCUT2D eigenvalue weighted by Crippen LogP contribution is -2.51. The zero-order chi connectivity index (χ0) is 18.1. The molecule has 138 valence electrons. The number of sulfonamides is 1. The third-order valence-corrected chi connectivity index (χ3v) is 7.55. The van der Waals surface area contributed by atoms with Crippen LogP contribution in [0.1, 0.15) is 46.5 Å². The maximum absolute atomic E-state index is 12.8. The molecule has 24 heavy (non-hydrogen) atoms. The van der Waals surface area contributed by atoms with Crippen molar-refractivity contribution in [1.29, 1.82) is 0 Å². The minimum Gasteiger partial charge on any atom is -0.480 e. The molecule has 2 atom stereocenters. The first-order valence-corrected chi connectivity index (χ1v) is 10.3. The average molecular weight is 360 g/mol. The Morgan fingerprint density at radius 1 is 1.25 bits per heavy atom. The van der Waals surface area contributed by atoms with Gasteiger partial charge in [0.05, 0.1) is 5.75 Å². The number of amides is 1. The maximum atomic E-state index is 12.8. The SMILES string of the molecule is CCC1(C)CC1C(=O)N(CC(=O)O)C1CCN(S(=O)(=O)CC)CC1. The molecule has 0 spiro atoms. The van der Waals surface area contributed by atoms with Crippen molar-refractivity contribution in [3.8, 4) is 0 Å². The number of carboxylic acids is 1. The molecule has 1 N–H and O–H groups in total. The highest BCUT2D eigenvalue weighted by Gasteiger charge is 2.55. The number of hydrogen-bond donors (Lipinski definition) is 1. The minimum atomic E-state index is -3.23. The summed E-state index contributed by atoms with van der Waals surface area (Å²) in [5.41, 5.74) is -0.0138. The Morgan fingerprint density at radius 3 is 2.25 bits per heavy atom. The Bertz CT molecular complexity index is 598. The van der Waals surface area contributed by atoms with Crippen LogP contribution in [-0.2, 0) is 19.6 Å². The number of hydrogen-bond acceptors (Lipinski definition) is 4. The second-order valence-electron chi connectivity index (χ2n) is 7.15. The molecule has 1 aliphatic heterocycles. The van der Waals surface area contributed by atoms with Gasteiger partial charge in [0.1, 0.15) is 6.54 Å². The fourth-order valence-corrected chi connectivity index (χ4v) is 4.66. The Hall–Kier alpha value is -1.15. The third kappa shape index (κ3) is 3.91. The van der Waals surface area contributed by atoms with Crippen LogP contribution in [0, 0.1) is 11.3 Å². The van der Waals surface area contributed by atoms with E-state index in [1.54, 1.807) is 6.92 Å². The Kier molecular flexibility index (Phi) is 5.59. The van der Waals surface area contributed by atoms with E-state index in [4.69, 9.17) is 0 Å². The van der Waals surface area contributed by atoms with Crippen molar-refractivity contribution in [2.24, 2.45) is 11.3 Å². The van der Waals surface area contributed by atoms with Gasteiger partial charge >= 0.3 is 5.97 Å². The van der Waals surface area contributed by atoms with Gasteiger partial charge in [-0.3, -0.25) is 9.59 Å². The summed E-state index contributed by atoms with van der Waals surface area (Å²) < 4.78 is 25.3. The van der Waals surface area contributed by atoms with Crippen molar-refractivity contribution < 1.29 is 23.1 Å². The standard InChI is InChI=1S/C16H28N2O5S/c1-4-16(3)10-13(16)15(21)18(11-14(19)20)12-6-8-17(9-7-12)24(22,23)5-2/h12-13H,4-11H2,1-3H3,(H,19,20). The molecule has 2 unspecified atom stereocenters. The summed E-state index contributed by atoms with van der Waals surface area (Å²) in [7, 11) is -3.23. The summed E-state index contributed by atoms with van der Waals surface area (Å²) in [4.78, 5) is 25.5. The molecule has 0 aromatic rings. The first kappa shape index (κ1) is 19.2. The molecule has 7 nitrogen and oxygen atoms in total. The van der Waals surface area contributed by atoms with Gasteiger partial charge in [-0.15, -0.1) is 0 Å². The second-order valence-corrected chi connectivity index (χ2v) is 9.41. The molecule has 1 aliphatic carbocycles. The Morgan fingerprint density at radius 2 is 1.83 bits per heavy atom. The van der Waals surface area contributed by atoms with Gasteiger partial charge in [-0.25, -0.2) is 12.7 Å². The van der Waals surface area contributed by atoms with Gasteiger partial charge < -0.3 is 10.0 Å². The van der Waals surface area contributed by atoms with Crippen molar-refractivity contribution >= 4 is 21.9 Å². The van der Waals surface area contributed by atoms with E-state index in [0.29, 0.717) is 25.9 Å². The van der Waals surface area contributed by atoms with E-state index in [9.17, 15) is 23.1 Å². The van der Waals surface area contributed by atoms with Crippen LogP contribution in [0.25, 0.3) is 0 Å². The summed E-state index contributed by atoms with van der Waals surface area (Å²) in [6.45, 7) is 6.11. The Labute approximate surface area is 144 Å². The summed E-state index contributed by atoms with van der Waals surface area (Å²) >= 11 is 0. The molecule has 1 saturated carbocycles. The highest BCUT2D eigenvalue weighted by Crippen LogP contribution is 2.55. The Balaban J connectivity index is 2.05. The lowest BCUT2D eigenvalue weighted by molar-refractivity contribution is -0.148. The summed E-state index contributed by atoms with van der Waals surface area (Å²) in [6.07, 6.45) is 2.70. The number of carbonyl (C=O) groups is 2. The minimum absolute atomic E-state index is 0.0138. The van der Waals surface area contributed by atoms with E-state index < -0.39 is 16.0 Å². The highest BCUT2D eigenvalue weighted by molar-refractivity contribution is 7.89. The topological polar surface area (TPSA) is 95.0 Å². The zero-order valence-corrected chi connectivity index (χ0v) is 15.5. The fourth-order valence-electron chi connectivity index (χ4n) is 3.53. The van der Waals surface area contributed by atoms with Crippen molar-refractivity contribution in [3.05, 3.63) is 0 Å². The normalized spacial score (nSPS) is 28.5. The predicted molar refractivity (Wildman–Crippen MR) is 89.9 cm³/mol. The number of carbonyl (C=O) groups excluding carboxylic acids is 1. The van der Waals surface area contributed by atoms with Crippen LogP contribution in [-0.4, -0.2) is 66.0 Å². The molecule has 1 saturated heterocycles.